The second kappa shape index (κ2) is 5.31. The Balaban J connectivity index is 1.75. The van der Waals surface area contributed by atoms with Gasteiger partial charge in [-0.25, -0.2) is 0 Å². The lowest BCUT2D eigenvalue weighted by Crippen LogP contribution is -2.40. The lowest BCUT2D eigenvalue weighted by atomic mass is 9.97. The van der Waals surface area contributed by atoms with Crippen LogP contribution in [0.4, 0.5) is 0 Å². The van der Waals surface area contributed by atoms with Crippen molar-refractivity contribution >= 4 is 0 Å². The molecule has 2 atom stereocenters. The van der Waals surface area contributed by atoms with Crippen LogP contribution in [0.2, 0.25) is 0 Å². The highest BCUT2D eigenvalue weighted by molar-refractivity contribution is 4.85. The van der Waals surface area contributed by atoms with Gasteiger partial charge in [0.15, 0.2) is 0 Å². The number of hydrogen-bond acceptors (Lipinski definition) is 2. The fraction of sp³-hybridized carbons (Fsp3) is 1.00. The Hall–Kier alpha value is -0.0800. The Morgan fingerprint density at radius 1 is 1.13 bits per heavy atom. The maximum atomic E-state index is 3.32. The first kappa shape index (κ1) is 11.4. The zero-order chi connectivity index (χ0) is 10.7. The van der Waals surface area contributed by atoms with Crippen LogP contribution in [0.3, 0.4) is 0 Å². The van der Waals surface area contributed by atoms with Gasteiger partial charge in [-0.15, -0.1) is 0 Å². The van der Waals surface area contributed by atoms with Crippen molar-refractivity contribution in [1.82, 2.24) is 10.2 Å². The van der Waals surface area contributed by atoms with E-state index in [4.69, 9.17) is 0 Å². The fourth-order valence-corrected chi connectivity index (χ4v) is 3.25. The summed E-state index contributed by atoms with van der Waals surface area (Å²) in [6.07, 6.45) is 7.17. The first-order chi connectivity index (χ1) is 7.29. The summed E-state index contributed by atoms with van der Waals surface area (Å²) in [6, 6.07) is 0.913. The minimum Gasteiger partial charge on any atom is -0.319 e. The molecule has 2 heteroatoms. The zero-order valence-electron chi connectivity index (χ0n) is 10.3. The van der Waals surface area contributed by atoms with E-state index >= 15 is 0 Å². The fourth-order valence-electron chi connectivity index (χ4n) is 3.25. The standard InChI is InChI=1S/C13H26N2/c1-11-5-7-15(8-6-11)13-4-3-12(9-13)10-14-2/h11-14H,3-10H2,1-2H3. The molecule has 0 spiro atoms. The second-order valence-corrected chi connectivity index (χ2v) is 5.61. The molecule has 2 aliphatic rings. The molecule has 1 heterocycles. The van der Waals surface area contributed by atoms with Crippen molar-refractivity contribution in [3.8, 4) is 0 Å². The second-order valence-electron chi connectivity index (χ2n) is 5.61. The molecule has 0 aromatic rings. The van der Waals surface area contributed by atoms with Gasteiger partial charge in [0.25, 0.3) is 0 Å². The largest absolute Gasteiger partial charge is 0.319 e. The lowest BCUT2D eigenvalue weighted by molar-refractivity contribution is 0.137. The molecule has 2 fully saturated rings. The molecule has 0 aromatic heterocycles. The zero-order valence-corrected chi connectivity index (χ0v) is 10.3. The highest BCUT2D eigenvalue weighted by Crippen LogP contribution is 2.31. The summed E-state index contributed by atoms with van der Waals surface area (Å²) in [4.78, 5) is 2.76. The summed E-state index contributed by atoms with van der Waals surface area (Å²) in [5.41, 5.74) is 0. The average molecular weight is 210 g/mol. The van der Waals surface area contributed by atoms with Crippen molar-refractivity contribution in [2.75, 3.05) is 26.7 Å². The Kier molecular flexibility index (Phi) is 4.04. The third kappa shape index (κ3) is 2.94. The third-order valence-electron chi connectivity index (χ3n) is 4.34. The van der Waals surface area contributed by atoms with E-state index in [-0.39, 0.29) is 0 Å². The molecule has 88 valence electrons. The van der Waals surface area contributed by atoms with Crippen molar-refractivity contribution < 1.29 is 0 Å². The Morgan fingerprint density at radius 3 is 2.53 bits per heavy atom. The molecule has 0 amide bonds. The predicted molar refractivity (Wildman–Crippen MR) is 65.0 cm³/mol. The van der Waals surface area contributed by atoms with Crippen LogP contribution in [0.1, 0.15) is 39.0 Å². The van der Waals surface area contributed by atoms with Crippen molar-refractivity contribution in [2.24, 2.45) is 11.8 Å². The van der Waals surface area contributed by atoms with Crippen LogP contribution in [0.25, 0.3) is 0 Å². The Labute approximate surface area is 94.4 Å². The number of piperidine rings is 1. The maximum Gasteiger partial charge on any atom is 0.00984 e. The first-order valence-corrected chi connectivity index (χ1v) is 6.68. The summed E-state index contributed by atoms with van der Waals surface area (Å²) in [5, 5.41) is 3.32. The topological polar surface area (TPSA) is 15.3 Å². The van der Waals surface area contributed by atoms with Crippen molar-refractivity contribution in [2.45, 2.75) is 45.1 Å². The molecule has 0 aromatic carbocycles. The van der Waals surface area contributed by atoms with Gasteiger partial charge in [0, 0.05) is 6.04 Å². The summed E-state index contributed by atoms with van der Waals surface area (Å²) < 4.78 is 0. The number of nitrogens with zero attached hydrogens (tertiary/aromatic N) is 1. The quantitative estimate of drug-likeness (QED) is 0.767. The summed E-state index contributed by atoms with van der Waals surface area (Å²) in [6.45, 7) is 6.34. The van der Waals surface area contributed by atoms with Gasteiger partial charge in [0.2, 0.25) is 0 Å². The lowest BCUT2D eigenvalue weighted by Gasteiger charge is -2.35. The molecule has 1 aliphatic carbocycles. The van der Waals surface area contributed by atoms with E-state index in [1.807, 2.05) is 0 Å². The van der Waals surface area contributed by atoms with Gasteiger partial charge >= 0.3 is 0 Å². The van der Waals surface area contributed by atoms with Gasteiger partial charge in [-0.1, -0.05) is 6.92 Å². The normalized spacial score (nSPS) is 34.8. The third-order valence-corrected chi connectivity index (χ3v) is 4.34. The highest BCUT2D eigenvalue weighted by atomic mass is 15.2. The number of hydrogen-bond donors (Lipinski definition) is 1. The van der Waals surface area contributed by atoms with Crippen molar-refractivity contribution in [1.29, 1.82) is 0 Å². The van der Waals surface area contributed by atoms with Gasteiger partial charge in [-0.3, -0.25) is 0 Å². The molecule has 2 unspecified atom stereocenters. The molecule has 2 rings (SSSR count). The maximum absolute atomic E-state index is 3.32. The molecule has 15 heavy (non-hydrogen) atoms. The SMILES string of the molecule is CNCC1CCC(N2CCC(C)CC2)C1. The van der Waals surface area contributed by atoms with Gasteiger partial charge in [0.1, 0.15) is 0 Å². The smallest absolute Gasteiger partial charge is 0.00984 e. The van der Waals surface area contributed by atoms with E-state index in [9.17, 15) is 0 Å². The number of likely N-dealkylation sites (tertiary alicyclic amines) is 1. The average Bonchev–Trinajstić information content (AvgIpc) is 2.68. The van der Waals surface area contributed by atoms with Crippen LogP contribution in [0.15, 0.2) is 0 Å². The predicted octanol–water partition coefficient (Wildman–Crippen LogP) is 2.11. The summed E-state index contributed by atoms with van der Waals surface area (Å²) in [7, 11) is 2.08. The van der Waals surface area contributed by atoms with Gasteiger partial charge < -0.3 is 10.2 Å². The van der Waals surface area contributed by atoms with Gasteiger partial charge in [-0.2, -0.15) is 0 Å². The summed E-state index contributed by atoms with van der Waals surface area (Å²) >= 11 is 0. The number of nitrogens with one attached hydrogen (secondary N) is 1. The molecule has 1 saturated heterocycles. The minimum absolute atomic E-state index is 0.913. The van der Waals surface area contributed by atoms with Crippen molar-refractivity contribution in [3.63, 3.8) is 0 Å². The van der Waals surface area contributed by atoms with Gasteiger partial charge in [-0.05, 0) is 70.6 Å². The minimum atomic E-state index is 0.913. The molecule has 0 bridgehead atoms. The molecule has 0 radical (unpaired) electrons. The highest BCUT2D eigenvalue weighted by Gasteiger charge is 2.30. The van der Waals surface area contributed by atoms with Crippen LogP contribution in [0.5, 0.6) is 0 Å². The van der Waals surface area contributed by atoms with E-state index < -0.39 is 0 Å². The van der Waals surface area contributed by atoms with E-state index in [1.165, 1.54) is 51.7 Å². The molecule has 2 nitrogen and oxygen atoms in total. The van der Waals surface area contributed by atoms with Crippen LogP contribution in [0, 0.1) is 11.8 Å². The first-order valence-electron chi connectivity index (χ1n) is 6.68. The van der Waals surface area contributed by atoms with E-state index in [0.29, 0.717) is 0 Å². The van der Waals surface area contributed by atoms with Gasteiger partial charge in [0.05, 0.1) is 0 Å². The van der Waals surface area contributed by atoms with Crippen molar-refractivity contribution in [3.05, 3.63) is 0 Å². The van der Waals surface area contributed by atoms with E-state index in [0.717, 1.165) is 17.9 Å². The van der Waals surface area contributed by atoms with Crippen LogP contribution >= 0.6 is 0 Å². The van der Waals surface area contributed by atoms with Crippen LogP contribution in [-0.4, -0.2) is 37.6 Å². The number of rotatable bonds is 3. The molecular weight excluding hydrogens is 184 g/mol. The molecule has 1 saturated carbocycles. The summed E-state index contributed by atoms with van der Waals surface area (Å²) in [5.74, 6) is 1.91. The van der Waals surface area contributed by atoms with Crippen LogP contribution in [-0.2, 0) is 0 Å². The van der Waals surface area contributed by atoms with E-state index in [1.54, 1.807) is 0 Å². The van der Waals surface area contributed by atoms with E-state index in [2.05, 4.69) is 24.2 Å². The Morgan fingerprint density at radius 2 is 1.87 bits per heavy atom. The molecular formula is C13H26N2. The molecule has 1 N–H and O–H groups in total. The monoisotopic (exact) mass is 210 g/mol. The Bertz CT molecular complexity index is 185. The van der Waals surface area contributed by atoms with Crippen LogP contribution < -0.4 is 5.32 Å². The molecule has 1 aliphatic heterocycles.